The van der Waals surface area contributed by atoms with E-state index in [1.165, 1.54) is 5.56 Å². The van der Waals surface area contributed by atoms with Crippen LogP contribution in [-0.2, 0) is 6.42 Å². The number of aromatic amines is 1. The number of nitrogens with zero attached hydrogens (tertiary/aromatic N) is 1. The number of H-pyrrole nitrogens is 1. The van der Waals surface area contributed by atoms with E-state index in [2.05, 4.69) is 61.5 Å². The van der Waals surface area contributed by atoms with Crippen LogP contribution in [-0.4, -0.2) is 46.6 Å². The fourth-order valence-electron chi connectivity index (χ4n) is 4.34. The number of fused-ring (bicyclic) bond motifs is 1. The summed E-state index contributed by atoms with van der Waals surface area (Å²) in [6.07, 6.45) is 4.21. The molecule has 6 heteroatoms. The van der Waals surface area contributed by atoms with E-state index in [0.29, 0.717) is 10.0 Å². The van der Waals surface area contributed by atoms with Gasteiger partial charge >= 0.3 is 0 Å². The van der Waals surface area contributed by atoms with Crippen LogP contribution in [0.5, 0.6) is 5.75 Å². The summed E-state index contributed by atoms with van der Waals surface area (Å²) in [7, 11) is 0. The highest BCUT2D eigenvalue weighted by atomic mass is 79.9. The zero-order chi connectivity index (χ0) is 21.1. The number of phenolic OH excluding ortho intramolecular Hbond substituents is 1. The van der Waals surface area contributed by atoms with E-state index in [0.717, 1.165) is 61.9 Å². The molecule has 0 bridgehead atoms. The van der Waals surface area contributed by atoms with Crippen LogP contribution in [0.3, 0.4) is 0 Å². The summed E-state index contributed by atoms with van der Waals surface area (Å²) in [5.41, 5.74) is 3.68. The maximum Gasteiger partial charge on any atom is 0.253 e. The molecule has 3 aromatic rings. The Bertz CT molecular complexity index is 1020. The highest BCUT2D eigenvalue weighted by Gasteiger charge is 2.23. The van der Waals surface area contributed by atoms with Crippen LogP contribution in [0.2, 0.25) is 0 Å². The maximum absolute atomic E-state index is 13.0. The second-order valence-corrected chi connectivity index (χ2v) is 9.01. The van der Waals surface area contributed by atoms with Crippen molar-refractivity contribution in [1.82, 2.24) is 15.2 Å². The van der Waals surface area contributed by atoms with Gasteiger partial charge in [-0.3, -0.25) is 4.79 Å². The van der Waals surface area contributed by atoms with E-state index >= 15 is 0 Å². The van der Waals surface area contributed by atoms with Crippen molar-refractivity contribution in [2.45, 2.75) is 38.6 Å². The first kappa shape index (κ1) is 20.9. The second-order valence-electron chi connectivity index (χ2n) is 8.15. The molecule has 1 aromatic heterocycles. The molecular formula is C24H28BrN3O2. The van der Waals surface area contributed by atoms with Gasteiger partial charge in [-0.2, -0.15) is 0 Å². The van der Waals surface area contributed by atoms with Crippen molar-refractivity contribution in [3.8, 4) is 5.75 Å². The van der Waals surface area contributed by atoms with Crippen molar-refractivity contribution >= 4 is 32.7 Å². The molecule has 3 N–H and O–H groups in total. The number of rotatable bonds is 6. The zero-order valence-electron chi connectivity index (χ0n) is 17.2. The van der Waals surface area contributed by atoms with Gasteiger partial charge in [0.2, 0.25) is 0 Å². The fourth-order valence-corrected chi connectivity index (χ4v) is 4.68. The van der Waals surface area contributed by atoms with Crippen LogP contribution in [0, 0.1) is 6.92 Å². The van der Waals surface area contributed by atoms with Crippen LogP contribution in [0.1, 0.15) is 40.9 Å². The number of aromatic nitrogens is 1. The molecule has 0 radical (unpaired) electrons. The molecule has 2 heterocycles. The molecule has 1 aliphatic rings. The quantitative estimate of drug-likeness (QED) is 0.486. The molecule has 158 valence electrons. The van der Waals surface area contributed by atoms with Gasteiger partial charge in [-0.15, -0.1) is 0 Å². The zero-order valence-corrected chi connectivity index (χ0v) is 18.8. The van der Waals surface area contributed by atoms with E-state index in [4.69, 9.17) is 0 Å². The number of aromatic hydroxyl groups is 1. The molecular weight excluding hydrogens is 442 g/mol. The molecule has 4 rings (SSSR count). The van der Waals surface area contributed by atoms with Gasteiger partial charge in [0.05, 0.1) is 10.0 Å². The second kappa shape index (κ2) is 9.23. The van der Waals surface area contributed by atoms with Gasteiger partial charge in [0.1, 0.15) is 5.75 Å². The molecule has 0 atom stereocenters. The Labute approximate surface area is 185 Å². The van der Waals surface area contributed by atoms with Crippen molar-refractivity contribution in [2.24, 2.45) is 0 Å². The smallest absolute Gasteiger partial charge is 0.253 e. The highest BCUT2D eigenvalue weighted by molar-refractivity contribution is 9.10. The lowest BCUT2D eigenvalue weighted by molar-refractivity contribution is 0.0912. The first-order valence-corrected chi connectivity index (χ1v) is 11.4. The van der Waals surface area contributed by atoms with E-state index in [1.807, 2.05) is 13.0 Å². The van der Waals surface area contributed by atoms with Gasteiger partial charge in [0, 0.05) is 35.7 Å². The molecule has 0 unspecified atom stereocenters. The molecule has 5 nitrogen and oxygen atoms in total. The van der Waals surface area contributed by atoms with Crippen molar-refractivity contribution in [2.75, 3.05) is 19.6 Å². The number of hydrogen-bond donors (Lipinski definition) is 3. The number of nitrogens with one attached hydrogen (secondary N) is 2. The summed E-state index contributed by atoms with van der Waals surface area (Å²) in [4.78, 5) is 18.7. The third-order valence-corrected chi connectivity index (χ3v) is 6.62. The molecule has 0 aliphatic carbocycles. The van der Waals surface area contributed by atoms with Crippen molar-refractivity contribution in [1.29, 1.82) is 0 Å². The van der Waals surface area contributed by atoms with Crippen LogP contribution in [0.15, 0.2) is 46.9 Å². The summed E-state index contributed by atoms with van der Waals surface area (Å²) >= 11 is 3.33. The summed E-state index contributed by atoms with van der Waals surface area (Å²) < 4.78 is 0.614. The minimum absolute atomic E-state index is 0.0667. The number of carbonyl (C=O) groups is 1. The van der Waals surface area contributed by atoms with Gasteiger partial charge in [-0.25, -0.2) is 0 Å². The SMILES string of the molecule is Cc1[nH]c2cc(Br)c(O)cc2c1C(=O)NC1CCN(CCCc2ccccc2)CC1. The predicted octanol–water partition coefficient (Wildman–Crippen LogP) is 4.77. The van der Waals surface area contributed by atoms with Crippen LogP contribution in [0.4, 0.5) is 0 Å². The van der Waals surface area contributed by atoms with Crippen LogP contribution in [0.25, 0.3) is 10.9 Å². The summed E-state index contributed by atoms with van der Waals surface area (Å²) in [5.74, 6) is 0.0716. The molecule has 0 saturated carbocycles. The van der Waals surface area contributed by atoms with Gasteiger partial charge in [0.25, 0.3) is 5.91 Å². The Morgan fingerprint density at radius 3 is 2.70 bits per heavy atom. The normalized spacial score (nSPS) is 15.5. The summed E-state index contributed by atoms with van der Waals surface area (Å²) in [5, 5.41) is 14.0. The highest BCUT2D eigenvalue weighted by Crippen LogP contribution is 2.32. The lowest BCUT2D eigenvalue weighted by Crippen LogP contribution is -2.45. The Hall–Kier alpha value is -2.31. The van der Waals surface area contributed by atoms with E-state index in [-0.39, 0.29) is 17.7 Å². The largest absolute Gasteiger partial charge is 0.507 e. The predicted molar refractivity (Wildman–Crippen MR) is 124 cm³/mol. The van der Waals surface area contributed by atoms with Crippen molar-refractivity contribution in [3.63, 3.8) is 0 Å². The Morgan fingerprint density at radius 2 is 1.97 bits per heavy atom. The maximum atomic E-state index is 13.0. The Balaban J connectivity index is 1.30. The summed E-state index contributed by atoms with van der Waals surface area (Å²) in [6.45, 7) is 5.03. The third kappa shape index (κ3) is 4.71. The van der Waals surface area contributed by atoms with Gasteiger partial charge < -0.3 is 20.3 Å². The number of amides is 1. The minimum Gasteiger partial charge on any atom is -0.507 e. The monoisotopic (exact) mass is 469 g/mol. The number of aryl methyl sites for hydroxylation is 2. The number of piperidine rings is 1. The lowest BCUT2D eigenvalue weighted by Gasteiger charge is -2.32. The van der Waals surface area contributed by atoms with Crippen LogP contribution >= 0.6 is 15.9 Å². The number of phenols is 1. The van der Waals surface area contributed by atoms with E-state index in [1.54, 1.807) is 6.07 Å². The number of halogens is 1. The molecule has 1 saturated heterocycles. The molecule has 1 amide bonds. The first-order valence-electron chi connectivity index (χ1n) is 10.6. The van der Waals surface area contributed by atoms with Crippen LogP contribution < -0.4 is 5.32 Å². The van der Waals surface area contributed by atoms with E-state index in [9.17, 15) is 9.90 Å². The Morgan fingerprint density at radius 1 is 1.23 bits per heavy atom. The molecule has 0 spiro atoms. The van der Waals surface area contributed by atoms with Crippen molar-refractivity contribution < 1.29 is 9.90 Å². The Kier molecular flexibility index (Phi) is 6.44. The first-order chi connectivity index (χ1) is 14.5. The lowest BCUT2D eigenvalue weighted by atomic mass is 10.0. The molecule has 1 aliphatic heterocycles. The average Bonchev–Trinajstić information content (AvgIpc) is 3.05. The van der Waals surface area contributed by atoms with Gasteiger partial charge in [-0.1, -0.05) is 30.3 Å². The minimum atomic E-state index is -0.0667. The van der Waals surface area contributed by atoms with Gasteiger partial charge in [-0.05, 0) is 72.8 Å². The number of carbonyl (C=O) groups excluding carboxylic acids is 1. The number of hydrogen-bond acceptors (Lipinski definition) is 3. The number of benzene rings is 2. The standard InChI is InChI=1S/C24H28BrN3O2/c1-16-23(19-14-22(29)20(25)15-21(19)26-16)24(30)27-18-9-12-28(13-10-18)11-5-8-17-6-3-2-4-7-17/h2-4,6-7,14-15,18,26,29H,5,8-13H2,1H3,(H,27,30). The molecule has 30 heavy (non-hydrogen) atoms. The number of likely N-dealkylation sites (tertiary alicyclic amines) is 1. The average molecular weight is 470 g/mol. The van der Waals surface area contributed by atoms with E-state index < -0.39 is 0 Å². The molecule has 1 fully saturated rings. The topological polar surface area (TPSA) is 68.4 Å². The fraction of sp³-hybridized carbons (Fsp3) is 0.375. The third-order valence-electron chi connectivity index (χ3n) is 5.99. The summed E-state index contributed by atoms with van der Waals surface area (Å²) in [6, 6.07) is 14.3. The molecule has 2 aromatic carbocycles. The van der Waals surface area contributed by atoms with Crippen molar-refractivity contribution in [3.05, 3.63) is 63.8 Å². The van der Waals surface area contributed by atoms with Gasteiger partial charge in [0.15, 0.2) is 0 Å².